The van der Waals surface area contributed by atoms with E-state index in [1.165, 1.54) is 12.1 Å². The lowest BCUT2D eigenvalue weighted by Gasteiger charge is -2.23. The summed E-state index contributed by atoms with van der Waals surface area (Å²) >= 11 is 0. The number of halogens is 2. The summed E-state index contributed by atoms with van der Waals surface area (Å²) in [7, 11) is 0. The summed E-state index contributed by atoms with van der Waals surface area (Å²) < 4.78 is 18.9. The molecular formula is C20H26ClFN2O2. The number of benzene rings is 2. The number of rotatable bonds is 7. The maximum absolute atomic E-state index is 13.2. The molecule has 0 saturated heterocycles. The fraction of sp³-hybridized carbons (Fsp3) is 0.350. The van der Waals surface area contributed by atoms with Crippen LogP contribution in [0.1, 0.15) is 37.8 Å². The minimum Gasteiger partial charge on any atom is -0.489 e. The molecule has 0 heterocycles. The highest BCUT2D eigenvalue weighted by Gasteiger charge is 2.27. The zero-order chi connectivity index (χ0) is 18.4. The van der Waals surface area contributed by atoms with Crippen molar-refractivity contribution in [1.82, 2.24) is 0 Å². The molecule has 0 aliphatic heterocycles. The van der Waals surface area contributed by atoms with Crippen LogP contribution in [0.15, 0.2) is 42.5 Å². The molecule has 1 unspecified atom stereocenters. The van der Waals surface area contributed by atoms with Gasteiger partial charge in [0, 0.05) is 5.69 Å². The molecule has 142 valence electrons. The van der Waals surface area contributed by atoms with Crippen molar-refractivity contribution >= 4 is 24.0 Å². The SMILES string of the molecule is CCCC(C)(N)C(=O)Nc1ccc(OCc2cccc(F)c2)cc1C.Cl. The molecule has 1 atom stereocenters. The average Bonchev–Trinajstić information content (AvgIpc) is 2.55. The summed E-state index contributed by atoms with van der Waals surface area (Å²) in [6.07, 6.45) is 1.46. The lowest BCUT2D eigenvalue weighted by Crippen LogP contribution is -2.48. The van der Waals surface area contributed by atoms with Gasteiger partial charge in [-0.15, -0.1) is 12.4 Å². The van der Waals surface area contributed by atoms with Crippen molar-refractivity contribution in [3.05, 3.63) is 59.4 Å². The molecule has 0 aromatic heterocycles. The van der Waals surface area contributed by atoms with Crippen LogP contribution in [0.2, 0.25) is 0 Å². The molecular weight excluding hydrogens is 355 g/mol. The smallest absolute Gasteiger partial charge is 0.244 e. The Bertz CT molecular complexity index is 750. The highest BCUT2D eigenvalue weighted by atomic mass is 35.5. The predicted molar refractivity (Wildman–Crippen MR) is 105 cm³/mol. The molecule has 0 fully saturated rings. The van der Waals surface area contributed by atoms with Gasteiger partial charge in [-0.25, -0.2) is 4.39 Å². The van der Waals surface area contributed by atoms with Gasteiger partial charge in [-0.1, -0.05) is 25.5 Å². The van der Waals surface area contributed by atoms with Gasteiger partial charge in [-0.3, -0.25) is 4.79 Å². The summed E-state index contributed by atoms with van der Waals surface area (Å²) in [6, 6.07) is 11.7. The number of hydrogen-bond donors (Lipinski definition) is 2. The standard InChI is InChI=1S/C20H25FN2O2.ClH/c1-4-10-20(3,22)19(24)23-18-9-8-17(11-14(18)2)25-13-15-6-5-7-16(21)12-15;/h5-9,11-12H,4,10,13,22H2,1-3H3,(H,23,24);1H. The fourth-order valence-corrected chi connectivity index (χ4v) is 2.56. The first-order chi connectivity index (χ1) is 11.8. The lowest BCUT2D eigenvalue weighted by atomic mass is 9.96. The van der Waals surface area contributed by atoms with Crippen molar-refractivity contribution < 1.29 is 13.9 Å². The van der Waals surface area contributed by atoms with E-state index >= 15 is 0 Å². The van der Waals surface area contributed by atoms with E-state index in [1.54, 1.807) is 31.2 Å². The van der Waals surface area contributed by atoms with Gasteiger partial charge < -0.3 is 15.8 Å². The molecule has 0 aliphatic rings. The van der Waals surface area contributed by atoms with E-state index < -0.39 is 5.54 Å². The molecule has 6 heteroatoms. The Morgan fingerprint density at radius 2 is 2.00 bits per heavy atom. The second kappa shape index (κ2) is 9.55. The van der Waals surface area contributed by atoms with Crippen molar-refractivity contribution in [2.75, 3.05) is 5.32 Å². The van der Waals surface area contributed by atoms with Crippen molar-refractivity contribution in [3.8, 4) is 5.75 Å². The molecule has 0 radical (unpaired) electrons. The Morgan fingerprint density at radius 3 is 2.62 bits per heavy atom. The minimum atomic E-state index is -0.895. The topological polar surface area (TPSA) is 64.4 Å². The van der Waals surface area contributed by atoms with Gasteiger partial charge in [0.25, 0.3) is 0 Å². The Balaban J connectivity index is 0.00000338. The van der Waals surface area contributed by atoms with E-state index in [0.29, 0.717) is 17.9 Å². The van der Waals surface area contributed by atoms with E-state index in [-0.39, 0.29) is 30.7 Å². The second-order valence-electron chi connectivity index (χ2n) is 6.52. The average molecular weight is 381 g/mol. The number of amides is 1. The van der Waals surface area contributed by atoms with E-state index in [4.69, 9.17) is 10.5 Å². The fourth-order valence-electron chi connectivity index (χ4n) is 2.56. The summed E-state index contributed by atoms with van der Waals surface area (Å²) in [5.74, 6) is 0.168. The van der Waals surface area contributed by atoms with Gasteiger partial charge in [-0.05, 0) is 61.7 Å². The van der Waals surface area contributed by atoms with Gasteiger partial charge in [0.15, 0.2) is 0 Å². The third kappa shape index (κ3) is 6.00. The molecule has 0 bridgehead atoms. The van der Waals surface area contributed by atoms with Gasteiger partial charge in [0.05, 0.1) is 5.54 Å². The van der Waals surface area contributed by atoms with Crippen LogP contribution in [0.25, 0.3) is 0 Å². The molecule has 0 spiro atoms. The molecule has 2 aromatic carbocycles. The lowest BCUT2D eigenvalue weighted by molar-refractivity contribution is -0.120. The van der Waals surface area contributed by atoms with Crippen LogP contribution in [0, 0.1) is 12.7 Å². The summed E-state index contributed by atoms with van der Waals surface area (Å²) in [6.45, 7) is 5.89. The highest BCUT2D eigenvalue weighted by Crippen LogP contribution is 2.23. The maximum Gasteiger partial charge on any atom is 0.244 e. The number of ether oxygens (including phenoxy) is 1. The quantitative estimate of drug-likeness (QED) is 0.738. The van der Waals surface area contributed by atoms with Crippen LogP contribution in [0.3, 0.4) is 0 Å². The van der Waals surface area contributed by atoms with Crippen molar-refractivity contribution in [2.24, 2.45) is 5.73 Å². The van der Waals surface area contributed by atoms with E-state index in [2.05, 4.69) is 5.32 Å². The Morgan fingerprint density at radius 1 is 1.27 bits per heavy atom. The summed E-state index contributed by atoms with van der Waals surface area (Å²) in [5.41, 5.74) is 7.50. The van der Waals surface area contributed by atoms with Crippen molar-refractivity contribution in [1.29, 1.82) is 0 Å². The third-order valence-corrected chi connectivity index (χ3v) is 4.03. The van der Waals surface area contributed by atoms with E-state index in [1.807, 2.05) is 19.9 Å². The van der Waals surface area contributed by atoms with Crippen LogP contribution < -0.4 is 15.8 Å². The first-order valence-electron chi connectivity index (χ1n) is 8.40. The van der Waals surface area contributed by atoms with Gasteiger partial charge in [0.2, 0.25) is 5.91 Å². The first kappa shape index (κ1) is 21.9. The number of anilines is 1. The molecule has 4 nitrogen and oxygen atoms in total. The summed E-state index contributed by atoms with van der Waals surface area (Å²) in [5, 5.41) is 2.87. The molecule has 0 aliphatic carbocycles. The van der Waals surface area contributed by atoms with Gasteiger partial charge >= 0.3 is 0 Å². The number of nitrogens with one attached hydrogen (secondary N) is 1. The molecule has 26 heavy (non-hydrogen) atoms. The monoisotopic (exact) mass is 380 g/mol. The van der Waals surface area contributed by atoms with Crippen LogP contribution >= 0.6 is 12.4 Å². The highest BCUT2D eigenvalue weighted by molar-refractivity contribution is 5.98. The number of aryl methyl sites for hydroxylation is 1. The molecule has 2 aromatic rings. The normalized spacial score (nSPS) is 12.7. The maximum atomic E-state index is 13.2. The number of carbonyl (C=O) groups excluding carboxylic acids is 1. The number of carbonyl (C=O) groups is 1. The molecule has 2 rings (SSSR count). The Labute approximate surface area is 160 Å². The van der Waals surface area contributed by atoms with Crippen molar-refractivity contribution in [2.45, 2.75) is 45.8 Å². The zero-order valence-corrected chi connectivity index (χ0v) is 16.2. The molecule has 0 saturated carbocycles. The number of hydrogen-bond acceptors (Lipinski definition) is 3. The minimum absolute atomic E-state index is 0. The molecule has 1 amide bonds. The van der Waals surface area contributed by atoms with Crippen LogP contribution in [-0.4, -0.2) is 11.4 Å². The van der Waals surface area contributed by atoms with Crippen LogP contribution in [0.4, 0.5) is 10.1 Å². The van der Waals surface area contributed by atoms with Gasteiger partial charge in [-0.2, -0.15) is 0 Å². The van der Waals surface area contributed by atoms with E-state index in [9.17, 15) is 9.18 Å². The first-order valence-corrected chi connectivity index (χ1v) is 8.40. The largest absolute Gasteiger partial charge is 0.489 e. The van der Waals surface area contributed by atoms with Crippen LogP contribution in [0.5, 0.6) is 5.75 Å². The number of nitrogens with two attached hydrogens (primary N) is 1. The Kier molecular flexibility index (Phi) is 8.06. The van der Waals surface area contributed by atoms with Gasteiger partial charge in [0.1, 0.15) is 18.2 Å². The zero-order valence-electron chi connectivity index (χ0n) is 15.3. The third-order valence-electron chi connectivity index (χ3n) is 4.03. The Hall–Kier alpha value is -2.11. The van der Waals surface area contributed by atoms with Crippen molar-refractivity contribution in [3.63, 3.8) is 0 Å². The van der Waals surface area contributed by atoms with Crippen LogP contribution in [-0.2, 0) is 11.4 Å². The summed E-state index contributed by atoms with van der Waals surface area (Å²) in [4.78, 5) is 12.3. The second-order valence-corrected chi connectivity index (χ2v) is 6.52. The van der Waals surface area contributed by atoms with E-state index in [0.717, 1.165) is 17.5 Å². The molecule has 3 N–H and O–H groups in total. The predicted octanol–water partition coefficient (Wildman–Crippen LogP) is 4.59.